The van der Waals surface area contributed by atoms with Crippen LogP contribution in [0.3, 0.4) is 0 Å². The maximum Gasteiger partial charge on any atom is 0.323 e. The highest BCUT2D eigenvalue weighted by molar-refractivity contribution is 8.00. The number of hydrogen-bond acceptors (Lipinski definition) is 7. The number of aromatic nitrogens is 1. The fraction of sp³-hybridized carbons (Fsp3) is 0.308. The number of anilines is 1. The summed E-state index contributed by atoms with van der Waals surface area (Å²) in [5.74, 6) is -0.106. The van der Waals surface area contributed by atoms with Gasteiger partial charge in [-0.3, -0.25) is 9.59 Å². The highest BCUT2D eigenvalue weighted by atomic mass is 32.2. The number of thioether (sulfide) groups is 1. The number of hydrogen-bond donors (Lipinski definition) is 2. The van der Waals surface area contributed by atoms with E-state index in [2.05, 4.69) is 15.0 Å². The predicted octanol–water partition coefficient (Wildman–Crippen LogP) is 1.47. The van der Waals surface area contributed by atoms with Crippen molar-refractivity contribution >= 4 is 50.3 Å². The minimum Gasteiger partial charge on any atom is -0.468 e. The lowest BCUT2D eigenvalue weighted by Gasteiger charge is -2.08. The van der Waals surface area contributed by atoms with Gasteiger partial charge in [0.05, 0.1) is 23.1 Å². The van der Waals surface area contributed by atoms with E-state index < -0.39 is 12.0 Å². The first-order chi connectivity index (χ1) is 10.1. The van der Waals surface area contributed by atoms with Crippen LogP contribution < -0.4 is 11.1 Å². The molecule has 2 aromatic rings. The molecule has 0 aliphatic carbocycles. The molecule has 1 amide bonds. The number of fused-ring (bicyclic) bond motifs is 1. The number of nitrogens with two attached hydrogens (primary N) is 1. The molecule has 1 unspecified atom stereocenters. The molecule has 1 atom stereocenters. The van der Waals surface area contributed by atoms with Gasteiger partial charge in [0.25, 0.3) is 0 Å². The number of benzene rings is 1. The molecule has 1 aromatic heterocycles. The largest absolute Gasteiger partial charge is 0.468 e. The Labute approximate surface area is 130 Å². The van der Waals surface area contributed by atoms with Gasteiger partial charge in [-0.2, -0.15) is 0 Å². The number of esters is 1. The van der Waals surface area contributed by atoms with E-state index in [1.54, 1.807) is 0 Å². The molecule has 0 fully saturated rings. The van der Waals surface area contributed by atoms with E-state index in [0.29, 0.717) is 10.9 Å². The van der Waals surface area contributed by atoms with E-state index in [0.717, 1.165) is 10.2 Å². The van der Waals surface area contributed by atoms with Gasteiger partial charge >= 0.3 is 5.97 Å². The normalized spacial score (nSPS) is 12.1. The van der Waals surface area contributed by atoms with Crippen LogP contribution in [0, 0.1) is 0 Å². The molecule has 112 valence electrons. The summed E-state index contributed by atoms with van der Waals surface area (Å²) in [5, 5.41) is 3.31. The summed E-state index contributed by atoms with van der Waals surface area (Å²) in [4.78, 5) is 27.2. The highest BCUT2D eigenvalue weighted by Gasteiger charge is 2.14. The zero-order valence-electron chi connectivity index (χ0n) is 11.4. The zero-order valence-corrected chi connectivity index (χ0v) is 13.0. The van der Waals surface area contributed by atoms with E-state index in [9.17, 15) is 9.59 Å². The van der Waals surface area contributed by atoms with Crippen molar-refractivity contribution in [2.24, 2.45) is 5.73 Å². The third kappa shape index (κ3) is 4.42. The van der Waals surface area contributed by atoms with Crippen LogP contribution in [0.4, 0.5) is 5.13 Å². The Kier molecular flexibility index (Phi) is 5.54. The summed E-state index contributed by atoms with van der Waals surface area (Å²) >= 11 is 2.70. The molecule has 3 N–H and O–H groups in total. The van der Waals surface area contributed by atoms with Gasteiger partial charge in [-0.1, -0.05) is 23.5 Å². The fourth-order valence-corrected chi connectivity index (χ4v) is 3.23. The predicted molar refractivity (Wildman–Crippen MR) is 85.6 cm³/mol. The third-order valence-corrected chi connectivity index (χ3v) is 4.59. The van der Waals surface area contributed by atoms with Crippen molar-refractivity contribution in [3.8, 4) is 0 Å². The Morgan fingerprint density at radius 2 is 2.24 bits per heavy atom. The lowest BCUT2D eigenvalue weighted by atomic mass is 10.3. The Morgan fingerprint density at radius 3 is 2.95 bits per heavy atom. The van der Waals surface area contributed by atoms with E-state index in [1.807, 2.05) is 24.3 Å². The van der Waals surface area contributed by atoms with Gasteiger partial charge in [0, 0.05) is 5.75 Å². The van der Waals surface area contributed by atoms with E-state index in [-0.39, 0.29) is 11.7 Å². The molecule has 0 radical (unpaired) electrons. The van der Waals surface area contributed by atoms with E-state index in [4.69, 9.17) is 5.73 Å². The average Bonchev–Trinajstić information content (AvgIpc) is 2.88. The second-order valence-electron chi connectivity index (χ2n) is 4.18. The van der Waals surface area contributed by atoms with E-state index in [1.165, 1.54) is 30.2 Å². The second kappa shape index (κ2) is 7.39. The Morgan fingerprint density at radius 1 is 1.48 bits per heavy atom. The van der Waals surface area contributed by atoms with Crippen molar-refractivity contribution in [1.82, 2.24) is 4.98 Å². The van der Waals surface area contributed by atoms with Crippen LogP contribution in [0.1, 0.15) is 0 Å². The van der Waals surface area contributed by atoms with Gasteiger partial charge in [0.2, 0.25) is 5.91 Å². The fourth-order valence-electron chi connectivity index (χ4n) is 1.58. The van der Waals surface area contributed by atoms with Gasteiger partial charge in [0.1, 0.15) is 6.04 Å². The monoisotopic (exact) mass is 325 g/mol. The van der Waals surface area contributed by atoms with Crippen LogP contribution in [-0.4, -0.2) is 41.5 Å². The minimum absolute atomic E-state index is 0.170. The number of para-hydroxylation sites is 1. The van der Waals surface area contributed by atoms with Gasteiger partial charge in [-0.05, 0) is 12.1 Å². The first-order valence-corrected chi connectivity index (χ1v) is 8.14. The Bertz CT molecular complexity index is 611. The zero-order chi connectivity index (χ0) is 15.2. The molecule has 0 spiro atoms. The number of carbonyl (C=O) groups is 2. The minimum atomic E-state index is -0.713. The molecule has 0 aliphatic rings. The van der Waals surface area contributed by atoms with Crippen LogP contribution in [0.2, 0.25) is 0 Å². The van der Waals surface area contributed by atoms with Gasteiger partial charge < -0.3 is 15.8 Å². The lowest BCUT2D eigenvalue weighted by Crippen LogP contribution is -2.34. The number of amides is 1. The third-order valence-electron chi connectivity index (χ3n) is 2.57. The number of carbonyl (C=O) groups excluding carboxylic acids is 2. The molecular weight excluding hydrogens is 310 g/mol. The number of methoxy groups -OCH3 is 1. The molecular formula is C13H15N3O3S2. The lowest BCUT2D eigenvalue weighted by molar-refractivity contribution is -0.141. The van der Waals surface area contributed by atoms with Gasteiger partial charge in [0.15, 0.2) is 5.13 Å². The number of thiazole rings is 1. The molecule has 0 bridgehead atoms. The highest BCUT2D eigenvalue weighted by Crippen LogP contribution is 2.25. The molecule has 0 aliphatic heterocycles. The molecule has 1 aromatic carbocycles. The summed E-state index contributed by atoms with van der Waals surface area (Å²) in [6.45, 7) is 0. The molecule has 6 nitrogen and oxygen atoms in total. The summed E-state index contributed by atoms with van der Waals surface area (Å²) in [5.41, 5.74) is 6.44. The molecule has 2 rings (SSSR count). The molecule has 21 heavy (non-hydrogen) atoms. The number of nitrogens with zero attached hydrogens (tertiary/aromatic N) is 1. The van der Waals surface area contributed by atoms with Crippen LogP contribution in [0.15, 0.2) is 24.3 Å². The average molecular weight is 325 g/mol. The van der Waals surface area contributed by atoms with Crippen molar-refractivity contribution in [2.75, 3.05) is 23.9 Å². The van der Waals surface area contributed by atoms with Crippen molar-refractivity contribution in [2.45, 2.75) is 6.04 Å². The quantitative estimate of drug-likeness (QED) is 0.781. The topological polar surface area (TPSA) is 94.3 Å². The first kappa shape index (κ1) is 15.7. The maximum atomic E-state index is 11.8. The number of nitrogens with one attached hydrogen (secondary N) is 1. The summed E-state index contributed by atoms with van der Waals surface area (Å²) in [7, 11) is 1.28. The summed E-state index contributed by atoms with van der Waals surface area (Å²) in [6.07, 6.45) is 0. The number of rotatable bonds is 6. The molecule has 8 heteroatoms. The van der Waals surface area contributed by atoms with Crippen LogP contribution in [-0.2, 0) is 14.3 Å². The van der Waals surface area contributed by atoms with Crippen molar-refractivity contribution < 1.29 is 14.3 Å². The van der Waals surface area contributed by atoms with Crippen molar-refractivity contribution in [3.63, 3.8) is 0 Å². The van der Waals surface area contributed by atoms with Crippen molar-refractivity contribution in [3.05, 3.63) is 24.3 Å². The van der Waals surface area contributed by atoms with Crippen LogP contribution >= 0.6 is 23.1 Å². The van der Waals surface area contributed by atoms with E-state index >= 15 is 0 Å². The van der Waals surface area contributed by atoms with Crippen LogP contribution in [0.5, 0.6) is 0 Å². The van der Waals surface area contributed by atoms with Crippen LogP contribution in [0.25, 0.3) is 10.2 Å². The van der Waals surface area contributed by atoms with Gasteiger partial charge in [-0.25, -0.2) is 4.98 Å². The van der Waals surface area contributed by atoms with Crippen molar-refractivity contribution in [1.29, 1.82) is 0 Å². The Balaban J connectivity index is 1.80. The standard InChI is InChI=1S/C13H15N3O3S2/c1-19-12(18)8(14)6-20-7-11(17)16-13-15-9-4-2-3-5-10(9)21-13/h2-5,8H,6-7,14H2,1H3,(H,15,16,17). The smallest absolute Gasteiger partial charge is 0.323 e. The molecule has 0 saturated heterocycles. The second-order valence-corrected chi connectivity index (χ2v) is 6.24. The molecule has 0 saturated carbocycles. The summed E-state index contributed by atoms with van der Waals surface area (Å²) in [6, 6.07) is 6.96. The first-order valence-electron chi connectivity index (χ1n) is 6.16. The Hall–Kier alpha value is -1.64. The molecule has 1 heterocycles. The SMILES string of the molecule is COC(=O)C(N)CSCC(=O)Nc1nc2ccccc2s1. The number of ether oxygens (including phenoxy) is 1. The maximum absolute atomic E-state index is 11.8. The summed E-state index contributed by atoms with van der Waals surface area (Å²) < 4.78 is 5.53. The van der Waals surface area contributed by atoms with Gasteiger partial charge in [-0.15, -0.1) is 11.8 Å².